The molecule has 4 heteroatoms. The Hall–Kier alpha value is -2.22. The third kappa shape index (κ3) is 5.00. The molecule has 2 aromatic carbocycles. The van der Waals surface area contributed by atoms with Crippen molar-refractivity contribution in [2.45, 2.75) is 70.9 Å². The molecule has 1 aliphatic carbocycles. The zero-order valence-electron chi connectivity index (χ0n) is 19.3. The van der Waals surface area contributed by atoms with Gasteiger partial charge in [0, 0.05) is 24.9 Å². The summed E-state index contributed by atoms with van der Waals surface area (Å²) in [6.45, 7) is 9.10. The van der Waals surface area contributed by atoms with E-state index in [1.54, 1.807) is 0 Å². The molecule has 0 radical (unpaired) electrons. The van der Waals surface area contributed by atoms with Gasteiger partial charge in [-0.2, -0.15) is 5.26 Å². The number of benzene rings is 2. The van der Waals surface area contributed by atoms with E-state index in [1.807, 2.05) is 0 Å². The molecule has 164 valence electrons. The molecule has 0 heterocycles. The second kappa shape index (κ2) is 9.93. The van der Waals surface area contributed by atoms with Gasteiger partial charge >= 0.3 is 0 Å². The average molecular weight is 434 g/mol. The lowest BCUT2D eigenvalue weighted by atomic mass is 9.92. The lowest BCUT2D eigenvalue weighted by Gasteiger charge is -2.46. The summed E-state index contributed by atoms with van der Waals surface area (Å²) in [5.41, 5.74) is 0. The molecule has 1 aliphatic rings. The van der Waals surface area contributed by atoms with Gasteiger partial charge in [0.25, 0.3) is 8.32 Å². The Labute approximate surface area is 188 Å². The van der Waals surface area contributed by atoms with Crippen LogP contribution in [0.15, 0.2) is 60.7 Å². The number of rotatable bonds is 6. The van der Waals surface area contributed by atoms with Crippen LogP contribution in [0.3, 0.4) is 0 Å². The second-order valence-electron chi connectivity index (χ2n) is 9.93. The SMILES string of the molecule is C[C@@H]1CCC(=O)C(CCC#N)C[C@@H]1O[Si](c1ccccc1)(c1ccccc1)C(C)(C)C. The first kappa shape index (κ1) is 23.4. The monoisotopic (exact) mass is 433 g/mol. The first-order chi connectivity index (χ1) is 14.8. The van der Waals surface area contributed by atoms with E-state index < -0.39 is 8.32 Å². The zero-order chi connectivity index (χ0) is 22.5. The highest BCUT2D eigenvalue weighted by atomic mass is 28.4. The minimum absolute atomic E-state index is 0.00134. The topological polar surface area (TPSA) is 50.1 Å². The molecule has 3 rings (SSSR count). The predicted octanol–water partition coefficient (Wildman–Crippen LogP) is 5.24. The van der Waals surface area contributed by atoms with Crippen LogP contribution in [0.5, 0.6) is 0 Å². The van der Waals surface area contributed by atoms with Crippen LogP contribution < -0.4 is 10.4 Å². The van der Waals surface area contributed by atoms with Gasteiger partial charge in [0.05, 0.1) is 6.07 Å². The number of ketones is 1. The summed E-state index contributed by atoms with van der Waals surface area (Å²) in [4.78, 5) is 12.8. The van der Waals surface area contributed by atoms with Crippen LogP contribution in [0.25, 0.3) is 0 Å². The third-order valence-corrected chi connectivity index (χ3v) is 11.9. The Morgan fingerprint density at radius 3 is 2.06 bits per heavy atom. The number of nitriles is 1. The molecule has 1 unspecified atom stereocenters. The number of nitrogens with zero attached hydrogens (tertiary/aromatic N) is 1. The fraction of sp³-hybridized carbons (Fsp3) is 0.481. The number of carbonyl (C=O) groups excluding carboxylic acids is 1. The van der Waals surface area contributed by atoms with Gasteiger partial charge < -0.3 is 4.43 Å². The molecule has 1 saturated carbocycles. The molecule has 2 aromatic rings. The molecule has 0 aromatic heterocycles. The smallest absolute Gasteiger partial charge is 0.261 e. The molecular formula is C27H35NO2Si. The molecular weight excluding hydrogens is 398 g/mol. The molecule has 0 aliphatic heterocycles. The lowest BCUT2D eigenvalue weighted by molar-refractivity contribution is -0.123. The van der Waals surface area contributed by atoms with Crippen molar-refractivity contribution < 1.29 is 9.22 Å². The van der Waals surface area contributed by atoms with E-state index in [9.17, 15) is 4.79 Å². The van der Waals surface area contributed by atoms with Crippen molar-refractivity contribution in [2.24, 2.45) is 11.8 Å². The number of hydrogen-bond donors (Lipinski definition) is 0. The van der Waals surface area contributed by atoms with Crippen LogP contribution in [-0.4, -0.2) is 20.2 Å². The molecule has 0 spiro atoms. The summed E-state index contributed by atoms with van der Waals surface area (Å²) in [5, 5.41) is 11.5. The molecule has 3 nitrogen and oxygen atoms in total. The van der Waals surface area contributed by atoms with Crippen LogP contribution in [-0.2, 0) is 9.22 Å². The highest BCUT2D eigenvalue weighted by Crippen LogP contribution is 2.40. The Morgan fingerprint density at radius 1 is 1.03 bits per heavy atom. The maximum absolute atomic E-state index is 12.8. The summed E-state index contributed by atoms with van der Waals surface area (Å²) in [7, 11) is -2.66. The molecule has 1 fully saturated rings. The fourth-order valence-corrected chi connectivity index (χ4v) is 9.80. The van der Waals surface area contributed by atoms with Crippen molar-refractivity contribution in [3.8, 4) is 6.07 Å². The van der Waals surface area contributed by atoms with Crippen LogP contribution >= 0.6 is 0 Å². The Bertz CT molecular complexity index is 859. The Balaban J connectivity index is 2.09. The van der Waals surface area contributed by atoms with E-state index in [4.69, 9.17) is 9.69 Å². The van der Waals surface area contributed by atoms with E-state index in [-0.39, 0.29) is 17.1 Å². The van der Waals surface area contributed by atoms with Crippen LogP contribution in [0.4, 0.5) is 0 Å². The molecule has 0 amide bonds. The molecule has 0 N–H and O–H groups in total. The minimum Gasteiger partial charge on any atom is -0.404 e. The summed E-state index contributed by atoms with van der Waals surface area (Å²) in [6, 6.07) is 23.6. The van der Waals surface area contributed by atoms with E-state index in [2.05, 4.69) is 94.4 Å². The van der Waals surface area contributed by atoms with Crippen LogP contribution in [0.2, 0.25) is 5.04 Å². The first-order valence-corrected chi connectivity index (χ1v) is 13.4. The van der Waals surface area contributed by atoms with Crippen molar-refractivity contribution in [2.75, 3.05) is 0 Å². The van der Waals surface area contributed by atoms with Gasteiger partial charge in [0.15, 0.2) is 0 Å². The largest absolute Gasteiger partial charge is 0.404 e. The third-order valence-electron chi connectivity index (χ3n) is 6.80. The van der Waals surface area contributed by atoms with Gasteiger partial charge in [-0.3, -0.25) is 4.79 Å². The fourth-order valence-electron chi connectivity index (χ4n) is 5.00. The summed E-state index contributed by atoms with van der Waals surface area (Å²) in [5.74, 6) is 0.529. The summed E-state index contributed by atoms with van der Waals surface area (Å²) in [6.07, 6.45) is 3.23. The Morgan fingerprint density at radius 2 is 1.58 bits per heavy atom. The van der Waals surface area contributed by atoms with E-state index >= 15 is 0 Å². The van der Waals surface area contributed by atoms with Crippen molar-refractivity contribution in [3.63, 3.8) is 0 Å². The van der Waals surface area contributed by atoms with Crippen LogP contribution in [0, 0.1) is 23.2 Å². The average Bonchev–Trinajstić information content (AvgIpc) is 2.89. The predicted molar refractivity (Wildman–Crippen MR) is 129 cm³/mol. The molecule has 0 bridgehead atoms. The standard InChI is InChI=1S/C27H35NO2Si/c1-21-17-18-25(29)22(12-11-19-28)20-26(21)30-31(27(2,3)4,23-13-7-5-8-14-23)24-15-9-6-10-16-24/h5-10,13-16,21-22,26H,11-12,17-18,20H2,1-4H3/t21-,22?,26+/m1/s1. The number of Topliss-reactive ketones (excluding diaryl/α,β-unsaturated/α-hetero) is 1. The summed E-state index contributed by atoms with van der Waals surface area (Å²) < 4.78 is 7.37. The van der Waals surface area contributed by atoms with Gasteiger partial charge in [-0.1, -0.05) is 88.4 Å². The zero-order valence-corrected chi connectivity index (χ0v) is 20.3. The van der Waals surface area contributed by atoms with Gasteiger partial charge in [0.1, 0.15) is 5.78 Å². The number of carbonyl (C=O) groups is 1. The maximum Gasteiger partial charge on any atom is 0.261 e. The minimum atomic E-state index is -2.66. The van der Waals surface area contributed by atoms with Gasteiger partial charge in [-0.25, -0.2) is 0 Å². The van der Waals surface area contributed by atoms with E-state index in [0.29, 0.717) is 37.4 Å². The van der Waals surface area contributed by atoms with Crippen LogP contribution in [0.1, 0.15) is 59.8 Å². The normalized spacial score (nSPS) is 22.5. The van der Waals surface area contributed by atoms with Gasteiger partial charge in [-0.15, -0.1) is 0 Å². The Kier molecular flexibility index (Phi) is 7.51. The molecule has 31 heavy (non-hydrogen) atoms. The number of hydrogen-bond acceptors (Lipinski definition) is 3. The van der Waals surface area contributed by atoms with Crippen molar-refractivity contribution in [1.29, 1.82) is 5.26 Å². The van der Waals surface area contributed by atoms with Gasteiger partial charge in [0.2, 0.25) is 0 Å². The maximum atomic E-state index is 12.8. The van der Waals surface area contributed by atoms with E-state index in [1.165, 1.54) is 10.4 Å². The second-order valence-corrected chi connectivity index (χ2v) is 14.2. The van der Waals surface area contributed by atoms with Crippen molar-refractivity contribution in [1.82, 2.24) is 0 Å². The molecule has 3 atom stereocenters. The van der Waals surface area contributed by atoms with Crippen molar-refractivity contribution in [3.05, 3.63) is 60.7 Å². The molecule has 0 saturated heterocycles. The van der Waals surface area contributed by atoms with Crippen molar-refractivity contribution >= 4 is 24.5 Å². The first-order valence-electron chi connectivity index (χ1n) is 11.5. The lowest BCUT2D eigenvalue weighted by Crippen LogP contribution is -2.68. The quantitative estimate of drug-likeness (QED) is 0.462. The van der Waals surface area contributed by atoms with Gasteiger partial charge in [-0.05, 0) is 40.6 Å². The summed E-state index contributed by atoms with van der Waals surface area (Å²) >= 11 is 0. The highest BCUT2D eigenvalue weighted by molar-refractivity contribution is 6.99. The van der Waals surface area contributed by atoms with E-state index in [0.717, 1.165) is 6.42 Å². The highest BCUT2D eigenvalue weighted by Gasteiger charge is 2.52.